The Labute approximate surface area is 142 Å². The fourth-order valence-electron chi connectivity index (χ4n) is 2.74. The molecule has 1 fully saturated rings. The largest absolute Gasteiger partial charge is 0.348 e. The van der Waals surface area contributed by atoms with Crippen molar-refractivity contribution < 1.29 is 9.47 Å². The van der Waals surface area contributed by atoms with Crippen molar-refractivity contribution in [1.82, 2.24) is 9.55 Å². The molecule has 5 heteroatoms. The summed E-state index contributed by atoms with van der Waals surface area (Å²) in [5.41, 5.74) is 1.17. The summed E-state index contributed by atoms with van der Waals surface area (Å²) in [5.74, 6) is -0.630. The molecule has 0 amide bonds. The standard InChI is InChI=1S/C18H23ClN2O2/c1-17(2)12-22-18(23-13-17,11-21-10-9-20-14-21)8-7-15-5-3-4-6-16(15)19/h3-6,9-10,14H,7-8,11-13H2,1-2H3. The summed E-state index contributed by atoms with van der Waals surface area (Å²) in [4.78, 5) is 4.11. The number of ether oxygens (including phenoxy) is 2. The molecule has 1 aromatic carbocycles. The third-order valence-electron chi connectivity index (χ3n) is 4.17. The monoisotopic (exact) mass is 334 g/mol. The maximum atomic E-state index is 6.28. The van der Waals surface area contributed by atoms with E-state index in [4.69, 9.17) is 21.1 Å². The van der Waals surface area contributed by atoms with Crippen LogP contribution in [-0.4, -0.2) is 28.6 Å². The Bertz CT molecular complexity index is 630. The van der Waals surface area contributed by atoms with E-state index in [1.54, 1.807) is 12.5 Å². The molecule has 23 heavy (non-hydrogen) atoms. The molecule has 1 aliphatic heterocycles. The van der Waals surface area contributed by atoms with Gasteiger partial charge in [0.25, 0.3) is 0 Å². The van der Waals surface area contributed by atoms with Gasteiger partial charge in [0, 0.05) is 29.3 Å². The van der Waals surface area contributed by atoms with Gasteiger partial charge in [-0.3, -0.25) is 0 Å². The van der Waals surface area contributed by atoms with Crippen LogP contribution in [0.25, 0.3) is 0 Å². The quantitative estimate of drug-likeness (QED) is 0.831. The van der Waals surface area contributed by atoms with Crippen LogP contribution in [0.5, 0.6) is 0 Å². The molecule has 0 unspecified atom stereocenters. The third-order valence-corrected chi connectivity index (χ3v) is 4.54. The van der Waals surface area contributed by atoms with Crippen LogP contribution in [0.4, 0.5) is 0 Å². The molecule has 0 spiro atoms. The summed E-state index contributed by atoms with van der Waals surface area (Å²) in [5, 5.41) is 0.793. The van der Waals surface area contributed by atoms with Gasteiger partial charge in [0.05, 0.1) is 26.1 Å². The Morgan fingerprint density at radius 3 is 2.61 bits per heavy atom. The summed E-state index contributed by atoms with van der Waals surface area (Å²) in [6.45, 7) is 6.31. The number of rotatable bonds is 5. The van der Waals surface area contributed by atoms with Crippen molar-refractivity contribution in [3.05, 3.63) is 53.6 Å². The summed E-state index contributed by atoms with van der Waals surface area (Å²) in [7, 11) is 0. The second-order valence-electron chi connectivity index (χ2n) is 6.98. The smallest absolute Gasteiger partial charge is 0.186 e. The predicted octanol–water partition coefficient (Wildman–Crippen LogP) is 3.94. The molecule has 2 aromatic rings. The van der Waals surface area contributed by atoms with Gasteiger partial charge < -0.3 is 14.0 Å². The van der Waals surface area contributed by atoms with Gasteiger partial charge in [0.2, 0.25) is 0 Å². The molecular weight excluding hydrogens is 312 g/mol. The van der Waals surface area contributed by atoms with Crippen LogP contribution in [0.15, 0.2) is 43.0 Å². The number of aromatic nitrogens is 2. The zero-order valence-electron chi connectivity index (χ0n) is 13.7. The van der Waals surface area contributed by atoms with E-state index >= 15 is 0 Å². The van der Waals surface area contributed by atoms with Crippen molar-refractivity contribution in [1.29, 1.82) is 0 Å². The first kappa shape index (κ1) is 16.5. The van der Waals surface area contributed by atoms with Crippen molar-refractivity contribution in [3.63, 3.8) is 0 Å². The summed E-state index contributed by atoms with van der Waals surface area (Å²) in [6, 6.07) is 7.93. The minimum Gasteiger partial charge on any atom is -0.348 e. The third kappa shape index (κ3) is 4.14. The fraction of sp³-hybridized carbons (Fsp3) is 0.500. The number of halogens is 1. The molecule has 0 aliphatic carbocycles. The van der Waals surface area contributed by atoms with E-state index in [1.165, 1.54) is 0 Å². The first-order valence-electron chi connectivity index (χ1n) is 7.95. The van der Waals surface area contributed by atoms with Crippen molar-refractivity contribution in [3.8, 4) is 0 Å². The molecule has 1 saturated heterocycles. The van der Waals surface area contributed by atoms with Gasteiger partial charge in [-0.05, 0) is 18.1 Å². The van der Waals surface area contributed by atoms with Crippen molar-refractivity contribution in [2.24, 2.45) is 5.41 Å². The molecule has 0 atom stereocenters. The first-order valence-corrected chi connectivity index (χ1v) is 8.33. The highest BCUT2D eigenvalue weighted by Gasteiger charge is 2.40. The topological polar surface area (TPSA) is 36.3 Å². The van der Waals surface area contributed by atoms with Crippen LogP contribution in [0.3, 0.4) is 0 Å². The lowest BCUT2D eigenvalue weighted by atomic mass is 9.93. The molecule has 0 bridgehead atoms. The SMILES string of the molecule is CC1(C)COC(CCc2ccccc2Cl)(Cn2ccnc2)OC1. The second kappa shape index (κ2) is 6.63. The number of nitrogens with zero attached hydrogens (tertiary/aromatic N) is 2. The zero-order valence-corrected chi connectivity index (χ0v) is 14.4. The normalized spacial score (nSPS) is 19.6. The molecule has 0 radical (unpaired) electrons. The summed E-state index contributed by atoms with van der Waals surface area (Å²) in [6.07, 6.45) is 7.07. The van der Waals surface area contributed by atoms with Gasteiger partial charge in [-0.1, -0.05) is 43.6 Å². The molecule has 0 saturated carbocycles. The van der Waals surface area contributed by atoms with Gasteiger partial charge in [-0.2, -0.15) is 0 Å². The fourth-order valence-corrected chi connectivity index (χ4v) is 2.97. The molecule has 3 rings (SSSR count). The number of benzene rings is 1. The maximum absolute atomic E-state index is 6.28. The number of hydrogen-bond donors (Lipinski definition) is 0. The molecular formula is C18H23ClN2O2. The zero-order chi connectivity index (χ0) is 16.3. The van der Waals surface area contributed by atoms with Crippen LogP contribution in [0.1, 0.15) is 25.8 Å². The molecule has 1 aliphatic rings. The average molecular weight is 335 g/mol. The molecule has 124 valence electrons. The highest BCUT2D eigenvalue weighted by molar-refractivity contribution is 6.31. The van der Waals surface area contributed by atoms with Gasteiger partial charge in [-0.25, -0.2) is 4.98 Å². The van der Waals surface area contributed by atoms with Crippen LogP contribution in [-0.2, 0) is 22.4 Å². The van der Waals surface area contributed by atoms with E-state index in [-0.39, 0.29) is 5.41 Å². The second-order valence-corrected chi connectivity index (χ2v) is 7.39. The van der Waals surface area contributed by atoms with E-state index in [2.05, 4.69) is 24.9 Å². The highest BCUT2D eigenvalue weighted by Crippen LogP contribution is 2.34. The lowest BCUT2D eigenvalue weighted by Gasteiger charge is -2.43. The van der Waals surface area contributed by atoms with E-state index in [0.29, 0.717) is 19.8 Å². The minimum atomic E-state index is -0.630. The number of imidazole rings is 1. The van der Waals surface area contributed by atoms with Crippen LogP contribution in [0.2, 0.25) is 5.02 Å². The lowest BCUT2D eigenvalue weighted by Crippen LogP contribution is -2.50. The average Bonchev–Trinajstić information content (AvgIpc) is 3.02. The highest BCUT2D eigenvalue weighted by atomic mass is 35.5. The predicted molar refractivity (Wildman–Crippen MR) is 90.4 cm³/mol. The maximum Gasteiger partial charge on any atom is 0.186 e. The Hall–Kier alpha value is -1.36. The van der Waals surface area contributed by atoms with E-state index < -0.39 is 5.79 Å². The number of hydrogen-bond acceptors (Lipinski definition) is 3. The van der Waals surface area contributed by atoms with Gasteiger partial charge in [0.15, 0.2) is 5.79 Å². The summed E-state index contributed by atoms with van der Waals surface area (Å²) < 4.78 is 14.4. The Balaban J connectivity index is 1.74. The first-order chi connectivity index (χ1) is 11.0. The Morgan fingerprint density at radius 1 is 1.22 bits per heavy atom. The molecule has 1 aromatic heterocycles. The van der Waals surface area contributed by atoms with E-state index in [9.17, 15) is 0 Å². The number of aryl methyl sites for hydroxylation is 1. The van der Waals surface area contributed by atoms with Crippen molar-refractivity contribution in [2.45, 2.75) is 39.0 Å². The van der Waals surface area contributed by atoms with E-state index in [0.717, 1.165) is 23.4 Å². The van der Waals surface area contributed by atoms with Gasteiger partial charge >= 0.3 is 0 Å². The summed E-state index contributed by atoms with van der Waals surface area (Å²) >= 11 is 6.28. The Morgan fingerprint density at radius 2 is 1.96 bits per heavy atom. The lowest BCUT2D eigenvalue weighted by molar-refractivity contribution is -0.307. The molecule has 0 N–H and O–H groups in total. The van der Waals surface area contributed by atoms with Crippen LogP contribution in [0, 0.1) is 5.41 Å². The molecule has 2 heterocycles. The van der Waals surface area contributed by atoms with Crippen molar-refractivity contribution in [2.75, 3.05) is 13.2 Å². The van der Waals surface area contributed by atoms with Crippen LogP contribution < -0.4 is 0 Å². The van der Waals surface area contributed by atoms with Crippen molar-refractivity contribution >= 4 is 11.6 Å². The molecule has 4 nitrogen and oxygen atoms in total. The van der Waals surface area contributed by atoms with E-state index in [1.807, 2.05) is 29.0 Å². The van der Waals surface area contributed by atoms with Gasteiger partial charge in [0.1, 0.15) is 0 Å². The minimum absolute atomic E-state index is 0.0445. The Kier molecular flexibility index (Phi) is 4.76. The van der Waals surface area contributed by atoms with Crippen LogP contribution >= 0.6 is 11.6 Å². The van der Waals surface area contributed by atoms with Gasteiger partial charge in [-0.15, -0.1) is 0 Å².